The predicted octanol–water partition coefficient (Wildman–Crippen LogP) is 2.70. The van der Waals surface area contributed by atoms with Gasteiger partial charge in [0.2, 0.25) is 0 Å². The lowest BCUT2D eigenvalue weighted by Gasteiger charge is -2.20. The molecule has 0 heterocycles. The molecule has 0 fully saturated rings. The first kappa shape index (κ1) is 14.5. The van der Waals surface area contributed by atoms with Crippen molar-refractivity contribution in [2.45, 2.75) is 39.8 Å². The second kappa shape index (κ2) is 7.01. The maximum atomic E-state index is 11.8. The van der Waals surface area contributed by atoms with Crippen LogP contribution in [-0.4, -0.2) is 12.1 Å². The summed E-state index contributed by atoms with van der Waals surface area (Å²) in [4.78, 5) is 11.8. The summed E-state index contributed by atoms with van der Waals surface area (Å²) in [6.07, 6.45) is 0.928. The number of nitrogens with two attached hydrogens (primary N) is 1. The second-order valence-electron chi connectivity index (χ2n) is 4.76. The molecule has 1 aromatic rings. The zero-order chi connectivity index (χ0) is 13.5. The van der Waals surface area contributed by atoms with Gasteiger partial charge in [-0.05, 0) is 30.0 Å². The SMILES string of the molecule is CCC(NC(=O)Nc1ccc(CN)cc1)C(C)C. The third-order valence-electron chi connectivity index (χ3n) is 3.01. The summed E-state index contributed by atoms with van der Waals surface area (Å²) < 4.78 is 0. The van der Waals surface area contributed by atoms with E-state index in [1.54, 1.807) is 0 Å². The highest BCUT2D eigenvalue weighted by atomic mass is 16.2. The van der Waals surface area contributed by atoms with Gasteiger partial charge >= 0.3 is 6.03 Å². The molecule has 0 bridgehead atoms. The van der Waals surface area contributed by atoms with Gasteiger partial charge in [0, 0.05) is 18.3 Å². The highest BCUT2D eigenvalue weighted by molar-refractivity contribution is 5.89. The summed E-state index contributed by atoms with van der Waals surface area (Å²) in [5, 5.41) is 5.79. The lowest BCUT2D eigenvalue weighted by molar-refractivity contribution is 0.244. The molecule has 100 valence electrons. The maximum Gasteiger partial charge on any atom is 0.319 e. The topological polar surface area (TPSA) is 67.2 Å². The number of carbonyl (C=O) groups is 1. The third-order valence-corrected chi connectivity index (χ3v) is 3.01. The van der Waals surface area contributed by atoms with Crippen LogP contribution in [0.4, 0.5) is 10.5 Å². The third kappa shape index (κ3) is 4.37. The molecule has 0 aliphatic heterocycles. The van der Waals surface area contributed by atoms with Crippen LogP contribution in [-0.2, 0) is 6.54 Å². The van der Waals surface area contributed by atoms with Crippen molar-refractivity contribution in [3.8, 4) is 0 Å². The minimum Gasteiger partial charge on any atom is -0.335 e. The predicted molar refractivity (Wildman–Crippen MR) is 75.4 cm³/mol. The molecule has 0 aromatic heterocycles. The minimum atomic E-state index is -0.156. The van der Waals surface area contributed by atoms with Gasteiger partial charge in [-0.3, -0.25) is 0 Å². The summed E-state index contributed by atoms with van der Waals surface area (Å²) in [6, 6.07) is 7.59. The fourth-order valence-corrected chi connectivity index (χ4v) is 1.80. The molecular weight excluding hydrogens is 226 g/mol. The number of hydrogen-bond donors (Lipinski definition) is 3. The normalized spacial score (nSPS) is 12.3. The molecule has 1 atom stereocenters. The van der Waals surface area contributed by atoms with Gasteiger partial charge in [-0.25, -0.2) is 4.79 Å². The van der Waals surface area contributed by atoms with Crippen LogP contribution in [0.2, 0.25) is 0 Å². The van der Waals surface area contributed by atoms with Gasteiger partial charge in [0.15, 0.2) is 0 Å². The van der Waals surface area contributed by atoms with Gasteiger partial charge in [-0.2, -0.15) is 0 Å². The Hall–Kier alpha value is -1.55. The average molecular weight is 249 g/mol. The molecule has 1 unspecified atom stereocenters. The number of urea groups is 1. The van der Waals surface area contributed by atoms with E-state index in [-0.39, 0.29) is 12.1 Å². The Kier molecular flexibility index (Phi) is 5.65. The number of anilines is 1. The zero-order valence-electron chi connectivity index (χ0n) is 11.4. The van der Waals surface area contributed by atoms with E-state index in [4.69, 9.17) is 5.73 Å². The van der Waals surface area contributed by atoms with Gasteiger partial charge < -0.3 is 16.4 Å². The van der Waals surface area contributed by atoms with E-state index in [0.717, 1.165) is 17.7 Å². The molecule has 4 N–H and O–H groups in total. The summed E-state index contributed by atoms with van der Waals surface area (Å²) in [7, 11) is 0. The van der Waals surface area contributed by atoms with E-state index in [0.29, 0.717) is 12.5 Å². The molecule has 4 heteroatoms. The first-order chi connectivity index (χ1) is 8.56. The number of hydrogen-bond acceptors (Lipinski definition) is 2. The van der Waals surface area contributed by atoms with Crippen molar-refractivity contribution in [3.05, 3.63) is 29.8 Å². The van der Waals surface area contributed by atoms with E-state index in [9.17, 15) is 4.79 Å². The van der Waals surface area contributed by atoms with Crippen LogP contribution in [0.5, 0.6) is 0 Å². The van der Waals surface area contributed by atoms with Crippen LogP contribution in [0.3, 0.4) is 0 Å². The molecule has 0 saturated carbocycles. The second-order valence-corrected chi connectivity index (χ2v) is 4.76. The standard InChI is InChI=1S/C14H23N3O/c1-4-13(10(2)3)17-14(18)16-12-7-5-11(9-15)6-8-12/h5-8,10,13H,4,9,15H2,1-3H3,(H2,16,17,18). The maximum absolute atomic E-state index is 11.8. The van der Waals surface area contributed by atoms with Crippen molar-refractivity contribution in [3.63, 3.8) is 0 Å². The van der Waals surface area contributed by atoms with E-state index < -0.39 is 0 Å². The van der Waals surface area contributed by atoms with Crippen LogP contribution in [0.1, 0.15) is 32.8 Å². The smallest absolute Gasteiger partial charge is 0.319 e. The van der Waals surface area contributed by atoms with Gasteiger partial charge in [0.05, 0.1) is 0 Å². The van der Waals surface area contributed by atoms with Crippen molar-refractivity contribution >= 4 is 11.7 Å². The number of nitrogens with one attached hydrogen (secondary N) is 2. The summed E-state index contributed by atoms with van der Waals surface area (Å²) >= 11 is 0. The molecule has 2 amide bonds. The highest BCUT2D eigenvalue weighted by Gasteiger charge is 2.13. The fraction of sp³-hybridized carbons (Fsp3) is 0.500. The Morgan fingerprint density at radius 2 is 1.89 bits per heavy atom. The molecule has 0 aliphatic carbocycles. The van der Waals surface area contributed by atoms with E-state index in [1.807, 2.05) is 24.3 Å². The number of benzene rings is 1. The average Bonchev–Trinajstić information content (AvgIpc) is 2.36. The summed E-state index contributed by atoms with van der Waals surface area (Å²) in [6.45, 7) is 6.79. The number of rotatable bonds is 5. The van der Waals surface area contributed by atoms with Crippen LogP contribution in [0.25, 0.3) is 0 Å². The summed E-state index contributed by atoms with van der Waals surface area (Å²) in [5.74, 6) is 0.431. The largest absolute Gasteiger partial charge is 0.335 e. The first-order valence-electron chi connectivity index (χ1n) is 6.43. The summed E-state index contributed by atoms with van der Waals surface area (Å²) in [5.41, 5.74) is 7.35. The lowest BCUT2D eigenvalue weighted by Crippen LogP contribution is -2.40. The van der Waals surface area contributed by atoms with E-state index >= 15 is 0 Å². The number of carbonyl (C=O) groups excluding carboxylic acids is 1. The van der Waals surface area contributed by atoms with E-state index in [2.05, 4.69) is 31.4 Å². The van der Waals surface area contributed by atoms with E-state index in [1.165, 1.54) is 0 Å². The van der Waals surface area contributed by atoms with Gasteiger partial charge in [-0.15, -0.1) is 0 Å². The fourth-order valence-electron chi connectivity index (χ4n) is 1.80. The zero-order valence-corrected chi connectivity index (χ0v) is 11.4. The quantitative estimate of drug-likeness (QED) is 0.751. The molecule has 1 aromatic carbocycles. The first-order valence-corrected chi connectivity index (χ1v) is 6.43. The lowest BCUT2D eigenvalue weighted by atomic mass is 10.0. The molecule has 0 radical (unpaired) electrons. The molecule has 4 nitrogen and oxygen atoms in total. The molecular formula is C14H23N3O. The molecule has 0 spiro atoms. The monoisotopic (exact) mass is 249 g/mol. The molecule has 0 aliphatic rings. The van der Waals surface area contributed by atoms with Crippen LogP contribution in [0, 0.1) is 5.92 Å². The van der Waals surface area contributed by atoms with Crippen LogP contribution in [0.15, 0.2) is 24.3 Å². The Morgan fingerprint density at radius 3 is 2.33 bits per heavy atom. The highest BCUT2D eigenvalue weighted by Crippen LogP contribution is 2.10. The number of amides is 2. The molecule has 0 saturated heterocycles. The Morgan fingerprint density at radius 1 is 1.28 bits per heavy atom. The van der Waals surface area contributed by atoms with Gasteiger partial charge in [0.25, 0.3) is 0 Å². The molecule has 18 heavy (non-hydrogen) atoms. The van der Waals surface area contributed by atoms with Crippen molar-refractivity contribution in [1.82, 2.24) is 5.32 Å². The van der Waals surface area contributed by atoms with Gasteiger partial charge in [0.1, 0.15) is 0 Å². The van der Waals surface area contributed by atoms with Crippen molar-refractivity contribution in [2.75, 3.05) is 5.32 Å². The van der Waals surface area contributed by atoms with Crippen LogP contribution >= 0.6 is 0 Å². The van der Waals surface area contributed by atoms with Crippen molar-refractivity contribution in [1.29, 1.82) is 0 Å². The van der Waals surface area contributed by atoms with Crippen molar-refractivity contribution in [2.24, 2.45) is 11.7 Å². The Labute approximate surface area is 109 Å². The van der Waals surface area contributed by atoms with Crippen molar-refractivity contribution < 1.29 is 4.79 Å². The van der Waals surface area contributed by atoms with Gasteiger partial charge in [-0.1, -0.05) is 32.9 Å². The Bertz CT molecular complexity index is 373. The van der Waals surface area contributed by atoms with Crippen LogP contribution < -0.4 is 16.4 Å². The Balaban J connectivity index is 2.53. The molecule has 1 rings (SSSR count). The minimum absolute atomic E-state index is 0.156.